The molecule has 1 aromatic heterocycles. The lowest BCUT2D eigenvalue weighted by atomic mass is 9.79. The molecule has 0 spiro atoms. The predicted molar refractivity (Wildman–Crippen MR) is 97.7 cm³/mol. The van der Waals surface area contributed by atoms with Crippen molar-refractivity contribution in [1.82, 2.24) is 15.1 Å². The second-order valence-electron chi connectivity index (χ2n) is 6.82. The average Bonchev–Trinajstić information content (AvgIpc) is 3.13. The van der Waals surface area contributed by atoms with E-state index in [-0.39, 0.29) is 16.9 Å². The van der Waals surface area contributed by atoms with Crippen LogP contribution in [0.15, 0.2) is 47.3 Å². The quantitative estimate of drug-likeness (QED) is 0.880. The lowest BCUT2D eigenvalue weighted by Crippen LogP contribution is -2.40. The van der Waals surface area contributed by atoms with Gasteiger partial charge in [0.25, 0.3) is 11.5 Å². The molecule has 1 aliphatic rings. The SMILES string of the molecule is CCCn1nc(C(=O)NCC2(c3ccccc3)CCCC2)ccc1=O. The molecule has 1 amide bonds. The molecule has 1 aliphatic carbocycles. The third kappa shape index (κ3) is 3.81. The van der Waals surface area contributed by atoms with Crippen LogP contribution in [0.1, 0.15) is 55.1 Å². The summed E-state index contributed by atoms with van der Waals surface area (Å²) in [5.74, 6) is -0.216. The molecular formula is C20H25N3O2. The first-order valence-electron chi connectivity index (χ1n) is 9.06. The van der Waals surface area contributed by atoms with E-state index in [1.54, 1.807) is 0 Å². The molecular weight excluding hydrogens is 314 g/mol. The van der Waals surface area contributed by atoms with Gasteiger partial charge in [-0.3, -0.25) is 9.59 Å². The van der Waals surface area contributed by atoms with Crippen LogP contribution in [0.3, 0.4) is 0 Å². The summed E-state index contributed by atoms with van der Waals surface area (Å²) in [4.78, 5) is 24.3. The molecule has 5 heteroatoms. The van der Waals surface area contributed by atoms with Crippen molar-refractivity contribution >= 4 is 5.91 Å². The van der Waals surface area contributed by atoms with Gasteiger partial charge in [0, 0.05) is 24.6 Å². The fourth-order valence-corrected chi connectivity index (χ4v) is 3.69. The van der Waals surface area contributed by atoms with Crippen LogP contribution in [-0.4, -0.2) is 22.2 Å². The first kappa shape index (κ1) is 17.4. The van der Waals surface area contributed by atoms with Crippen molar-refractivity contribution in [3.63, 3.8) is 0 Å². The van der Waals surface area contributed by atoms with E-state index in [9.17, 15) is 9.59 Å². The highest BCUT2D eigenvalue weighted by Gasteiger charge is 2.35. The lowest BCUT2D eigenvalue weighted by molar-refractivity contribution is 0.0935. The second-order valence-corrected chi connectivity index (χ2v) is 6.82. The number of aryl methyl sites for hydroxylation is 1. The molecule has 1 aromatic carbocycles. The molecule has 1 fully saturated rings. The largest absolute Gasteiger partial charge is 0.350 e. The highest BCUT2D eigenvalue weighted by atomic mass is 16.2. The molecule has 25 heavy (non-hydrogen) atoms. The summed E-state index contributed by atoms with van der Waals surface area (Å²) in [6.45, 7) is 3.10. The van der Waals surface area contributed by atoms with Crippen LogP contribution in [-0.2, 0) is 12.0 Å². The van der Waals surface area contributed by atoms with Gasteiger partial charge in [-0.25, -0.2) is 4.68 Å². The van der Waals surface area contributed by atoms with E-state index in [1.165, 1.54) is 35.2 Å². The number of amides is 1. The maximum Gasteiger partial charge on any atom is 0.271 e. The van der Waals surface area contributed by atoms with Crippen molar-refractivity contribution in [1.29, 1.82) is 0 Å². The molecule has 0 atom stereocenters. The molecule has 1 saturated carbocycles. The number of hydrogen-bond acceptors (Lipinski definition) is 3. The zero-order valence-electron chi connectivity index (χ0n) is 14.7. The van der Waals surface area contributed by atoms with Crippen molar-refractivity contribution in [3.8, 4) is 0 Å². The highest BCUT2D eigenvalue weighted by molar-refractivity contribution is 5.92. The Morgan fingerprint density at radius 3 is 2.56 bits per heavy atom. The van der Waals surface area contributed by atoms with Crippen LogP contribution >= 0.6 is 0 Å². The van der Waals surface area contributed by atoms with Gasteiger partial charge in [-0.1, -0.05) is 50.1 Å². The van der Waals surface area contributed by atoms with Crippen LogP contribution in [0.5, 0.6) is 0 Å². The van der Waals surface area contributed by atoms with Crippen molar-refractivity contribution in [2.75, 3.05) is 6.54 Å². The van der Waals surface area contributed by atoms with Gasteiger partial charge >= 0.3 is 0 Å². The number of benzene rings is 1. The highest BCUT2D eigenvalue weighted by Crippen LogP contribution is 2.40. The Bertz CT molecular complexity index is 777. The molecule has 0 unspecified atom stereocenters. The van der Waals surface area contributed by atoms with Gasteiger partial charge < -0.3 is 5.32 Å². The minimum Gasteiger partial charge on any atom is -0.350 e. The summed E-state index contributed by atoms with van der Waals surface area (Å²) in [6.07, 6.45) is 5.34. The van der Waals surface area contributed by atoms with Crippen molar-refractivity contribution in [2.45, 2.75) is 51.0 Å². The number of carbonyl (C=O) groups is 1. The Hall–Kier alpha value is -2.43. The Morgan fingerprint density at radius 2 is 1.88 bits per heavy atom. The zero-order valence-corrected chi connectivity index (χ0v) is 14.7. The van der Waals surface area contributed by atoms with E-state index in [2.05, 4.69) is 34.7 Å². The molecule has 2 aromatic rings. The average molecular weight is 339 g/mol. The second kappa shape index (κ2) is 7.64. The Balaban J connectivity index is 1.75. The van der Waals surface area contributed by atoms with E-state index < -0.39 is 0 Å². The molecule has 1 N–H and O–H groups in total. The van der Waals surface area contributed by atoms with Crippen LogP contribution < -0.4 is 10.9 Å². The first-order valence-corrected chi connectivity index (χ1v) is 9.06. The standard InChI is InChI=1S/C20H25N3O2/c1-2-14-23-18(24)11-10-17(22-23)19(25)21-15-20(12-6-7-13-20)16-8-4-3-5-9-16/h3-5,8-11H,2,6-7,12-15H2,1H3,(H,21,25). The number of rotatable bonds is 6. The van der Waals surface area contributed by atoms with Gasteiger partial charge in [-0.05, 0) is 30.9 Å². The van der Waals surface area contributed by atoms with E-state index >= 15 is 0 Å². The fourth-order valence-electron chi connectivity index (χ4n) is 3.69. The van der Waals surface area contributed by atoms with Crippen LogP contribution in [0, 0.1) is 0 Å². The third-order valence-corrected chi connectivity index (χ3v) is 5.07. The summed E-state index contributed by atoms with van der Waals surface area (Å²) in [5.41, 5.74) is 1.43. The molecule has 1 heterocycles. The van der Waals surface area contributed by atoms with Gasteiger partial charge in [-0.2, -0.15) is 5.10 Å². The normalized spacial score (nSPS) is 15.9. The third-order valence-electron chi connectivity index (χ3n) is 5.07. The monoisotopic (exact) mass is 339 g/mol. The molecule has 0 aliphatic heterocycles. The van der Waals surface area contributed by atoms with E-state index in [1.807, 2.05) is 13.0 Å². The molecule has 132 valence electrons. The van der Waals surface area contributed by atoms with Gasteiger partial charge in [0.2, 0.25) is 0 Å². The van der Waals surface area contributed by atoms with Gasteiger partial charge in [0.15, 0.2) is 0 Å². The topological polar surface area (TPSA) is 64.0 Å². The fraction of sp³-hybridized carbons (Fsp3) is 0.450. The van der Waals surface area contributed by atoms with Crippen LogP contribution in [0.25, 0.3) is 0 Å². The van der Waals surface area contributed by atoms with Gasteiger partial charge in [0.05, 0.1) is 0 Å². The number of nitrogens with one attached hydrogen (secondary N) is 1. The molecule has 3 rings (SSSR count). The van der Waals surface area contributed by atoms with Crippen LogP contribution in [0.2, 0.25) is 0 Å². The number of nitrogens with zero attached hydrogens (tertiary/aromatic N) is 2. The Labute approximate surface area is 148 Å². The number of hydrogen-bond donors (Lipinski definition) is 1. The van der Waals surface area contributed by atoms with E-state index in [0.717, 1.165) is 19.3 Å². The van der Waals surface area contributed by atoms with Crippen molar-refractivity contribution < 1.29 is 4.79 Å². The van der Waals surface area contributed by atoms with Gasteiger partial charge in [-0.15, -0.1) is 0 Å². The summed E-state index contributed by atoms with van der Waals surface area (Å²) in [7, 11) is 0. The van der Waals surface area contributed by atoms with E-state index in [0.29, 0.717) is 18.8 Å². The van der Waals surface area contributed by atoms with Crippen molar-refractivity contribution in [2.24, 2.45) is 0 Å². The van der Waals surface area contributed by atoms with Gasteiger partial charge in [0.1, 0.15) is 5.69 Å². The molecule has 5 nitrogen and oxygen atoms in total. The van der Waals surface area contributed by atoms with Crippen molar-refractivity contribution in [3.05, 3.63) is 64.1 Å². The maximum atomic E-state index is 12.6. The first-order chi connectivity index (χ1) is 12.1. The maximum absolute atomic E-state index is 12.6. The minimum absolute atomic E-state index is 0.00872. The minimum atomic E-state index is -0.216. The lowest BCUT2D eigenvalue weighted by Gasteiger charge is -2.30. The zero-order chi connectivity index (χ0) is 17.7. The van der Waals surface area contributed by atoms with Crippen LogP contribution in [0.4, 0.5) is 0 Å². The summed E-state index contributed by atoms with van der Waals surface area (Å²) in [5, 5.41) is 7.25. The number of aromatic nitrogens is 2. The molecule has 0 saturated heterocycles. The predicted octanol–water partition coefficient (Wildman–Crippen LogP) is 2.90. The smallest absolute Gasteiger partial charge is 0.271 e. The molecule has 0 radical (unpaired) electrons. The summed E-state index contributed by atoms with van der Waals surface area (Å²) >= 11 is 0. The van der Waals surface area contributed by atoms with E-state index in [4.69, 9.17) is 0 Å². The summed E-state index contributed by atoms with van der Waals surface area (Å²) < 4.78 is 1.36. The number of carbonyl (C=O) groups excluding carboxylic acids is 1. The Kier molecular flexibility index (Phi) is 5.31. The molecule has 0 bridgehead atoms. The summed E-state index contributed by atoms with van der Waals surface area (Å²) in [6, 6.07) is 13.4. The Morgan fingerprint density at radius 1 is 1.16 bits per heavy atom.